The third kappa shape index (κ3) is 12.6. The minimum atomic E-state index is -4.49. The van der Waals surface area contributed by atoms with Crippen LogP contribution in [0.3, 0.4) is 0 Å². The van der Waals surface area contributed by atoms with Crippen LogP contribution < -0.4 is 11.1 Å². The summed E-state index contributed by atoms with van der Waals surface area (Å²) in [6.45, 7) is 12.2. The van der Waals surface area contributed by atoms with Gasteiger partial charge in [-0.05, 0) is 90.1 Å². The summed E-state index contributed by atoms with van der Waals surface area (Å²) >= 11 is 0. The maximum atomic E-state index is 13.7. The van der Waals surface area contributed by atoms with E-state index in [1.807, 2.05) is 32.9 Å². The monoisotopic (exact) mass is 638 g/mol. The Labute approximate surface area is 273 Å². The molecule has 0 spiro atoms. The van der Waals surface area contributed by atoms with Gasteiger partial charge in [0.15, 0.2) is 6.29 Å². The van der Waals surface area contributed by atoms with Crippen LogP contribution in [0.5, 0.6) is 0 Å². The molecule has 0 aromatic heterocycles. The predicted molar refractivity (Wildman–Crippen MR) is 183 cm³/mol. The molecule has 0 heterocycles. The molecule has 1 fully saturated rings. The number of nitrogens with two attached hydrogens (primary N) is 1. The van der Waals surface area contributed by atoms with Crippen LogP contribution >= 0.6 is 0 Å². The first kappa shape index (κ1) is 38.5. The molecule has 3 N–H and O–H groups in total. The number of anilines is 1. The maximum Gasteiger partial charge on any atom is 0.416 e. The highest BCUT2D eigenvalue weighted by atomic mass is 19.4. The Morgan fingerprint density at radius 1 is 0.978 bits per heavy atom. The Morgan fingerprint density at radius 3 is 2.20 bits per heavy atom. The lowest BCUT2D eigenvalue weighted by Crippen LogP contribution is -2.12. The molecule has 1 unspecified atom stereocenters. The molecule has 1 atom stereocenters. The first-order chi connectivity index (χ1) is 21.9. The van der Waals surface area contributed by atoms with E-state index in [-0.39, 0.29) is 17.9 Å². The molecule has 0 saturated heterocycles. The van der Waals surface area contributed by atoms with Crippen molar-refractivity contribution < 1.29 is 22.4 Å². The molecule has 0 bridgehead atoms. The highest BCUT2D eigenvalue weighted by Crippen LogP contribution is 2.39. The quantitative estimate of drug-likeness (QED) is 0.0898. The van der Waals surface area contributed by atoms with E-state index in [1.165, 1.54) is 36.0 Å². The largest absolute Gasteiger partial charge is 0.416 e. The van der Waals surface area contributed by atoms with Crippen LogP contribution in [-0.4, -0.2) is 12.5 Å². The van der Waals surface area contributed by atoms with Crippen molar-refractivity contribution in [2.24, 2.45) is 11.7 Å². The minimum absolute atomic E-state index is 0.106. The lowest BCUT2D eigenvalue weighted by atomic mass is 9.84. The average molecular weight is 639 g/mol. The number of carbonyl (C=O) groups excluding carboxylic acids is 1. The summed E-state index contributed by atoms with van der Waals surface area (Å²) in [7, 11) is 0. The van der Waals surface area contributed by atoms with E-state index in [0.717, 1.165) is 35.6 Å². The van der Waals surface area contributed by atoms with E-state index in [2.05, 4.69) is 43.4 Å². The van der Waals surface area contributed by atoms with E-state index in [1.54, 1.807) is 37.3 Å². The second-order valence-electron chi connectivity index (χ2n) is 11.7. The van der Waals surface area contributed by atoms with Gasteiger partial charge in [-0.1, -0.05) is 102 Å². The molecule has 3 aromatic rings. The lowest BCUT2D eigenvalue weighted by Gasteiger charge is -2.20. The van der Waals surface area contributed by atoms with Crippen LogP contribution in [0.15, 0.2) is 90.2 Å². The summed E-state index contributed by atoms with van der Waals surface area (Å²) in [6.07, 6.45) is 3.13. The van der Waals surface area contributed by atoms with Gasteiger partial charge in [0.05, 0.1) is 11.3 Å². The molecule has 1 aliphatic carbocycles. The molecular weight excluding hydrogens is 588 g/mol. The zero-order valence-electron chi connectivity index (χ0n) is 28.1. The first-order valence-corrected chi connectivity index (χ1v) is 16.3. The number of benzene rings is 3. The van der Waals surface area contributed by atoms with Crippen LogP contribution in [0, 0.1) is 18.7 Å². The molecule has 3 nitrogen and oxygen atoms in total. The molecule has 7 heteroatoms. The predicted octanol–water partition coefficient (Wildman–Crippen LogP) is 11.1. The smallest absolute Gasteiger partial charge is 0.353 e. The Hall–Kier alpha value is -3.71. The number of carbonyl (C=O) groups is 1. The van der Waals surface area contributed by atoms with E-state index in [0.29, 0.717) is 30.4 Å². The number of nitrogens with one attached hydrogen (secondary N) is 1. The molecule has 46 heavy (non-hydrogen) atoms. The molecule has 3 aromatic carbocycles. The van der Waals surface area contributed by atoms with Crippen molar-refractivity contribution in [2.45, 2.75) is 98.2 Å². The molecule has 250 valence electrons. The lowest BCUT2D eigenvalue weighted by molar-refractivity contribution is -0.104. The van der Waals surface area contributed by atoms with Crippen LogP contribution in [0.4, 0.5) is 23.2 Å². The minimum Gasteiger partial charge on any atom is -0.353 e. The summed E-state index contributed by atoms with van der Waals surface area (Å²) in [5.74, 6) is 1.74. The SMILES string of the molecule is CC.CC/C=C(/C=C(/C=O)Nc1cccc(CN)c1)C(F)(F)F.Cc1cc(C(CCC2CC2)c2cccc(C(C)C)c2)ccc1F. The maximum absolute atomic E-state index is 13.7. The zero-order chi connectivity index (χ0) is 34.3. The van der Waals surface area contributed by atoms with Crippen molar-refractivity contribution >= 4 is 12.0 Å². The van der Waals surface area contributed by atoms with Gasteiger partial charge in [0.1, 0.15) is 5.82 Å². The fourth-order valence-electron chi connectivity index (χ4n) is 5.04. The number of rotatable bonds is 12. The van der Waals surface area contributed by atoms with Crippen LogP contribution in [-0.2, 0) is 11.3 Å². The summed E-state index contributed by atoms with van der Waals surface area (Å²) in [4.78, 5) is 11.0. The van der Waals surface area contributed by atoms with Gasteiger partial charge in [-0.2, -0.15) is 13.2 Å². The van der Waals surface area contributed by atoms with Gasteiger partial charge in [-0.25, -0.2) is 4.39 Å². The van der Waals surface area contributed by atoms with Gasteiger partial charge in [0.2, 0.25) is 0 Å². The van der Waals surface area contributed by atoms with E-state index >= 15 is 0 Å². The van der Waals surface area contributed by atoms with Crippen molar-refractivity contribution in [2.75, 3.05) is 5.32 Å². The normalized spacial score (nSPS) is 14.1. The van der Waals surface area contributed by atoms with Gasteiger partial charge >= 0.3 is 6.18 Å². The number of allylic oxidation sites excluding steroid dienone is 4. The fraction of sp³-hybridized carbons (Fsp3) is 0.410. The molecule has 4 rings (SSSR count). The van der Waals surface area contributed by atoms with Crippen molar-refractivity contribution in [1.29, 1.82) is 0 Å². The van der Waals surface area contributed by atoms with Crippen molar-refractivity contribution in [3.05, 3.63) is 124 Å². The fourth-order valence-corrected chi connectivity index (χ4v) is 5.04. The van der Waals surface area contributed by atoms with Crippen molar-refractivity contribution in [3.63, 3.8) is 0 Å². The third-order valence-corrected chi connectivity index (χ3v) is 7.77. The third-order valence-electron chi connectivity index (χ3n) is 7.77. The van der Waals surface area contributed by atoms with Crippen molar-refractivity contribution in [1.82, 2.24) is 0 Å². The van der Waals surface area contributed by atoms with E-state index < -0.39 is 11.7 Å². The van der Waals surface area contributed by atoms with Crippen LogP contribution in [0.25, 0.3) is 0 Å². The number of hydrogen-bond acceptors (Lipinski definition) is 3. The van der Waals surface area contributed by atoms with Crippen LogP contribution in [0.2, 0.25) is 0 Å². The molecule has 0 radical (unpaired) electrons. The van der Waals surface area contributed by atoms with E-state index in [9.17, 15) is 22.4 Å². The standard InChI is InChI=1S/C22H27F.C15H17F3N2O.C2H6/c1-15(2)18-5-4-6-19(14-18)21(11-9-17-7-8-17)20-10-12-22(23)16(3)13-20;1-2-4-12(15(16,17)18)8-14(10-21)20-13-6-3-5-11(7-13)9-19;1-2/h4-6,10,12-15,17,21H,7-9,11H2,1-3H3;3-8,10,20H,2,9,19H2,1H3;1-2H3/b;12-4-,14-8-;. The summed E-state index contributed by atoms with van der Waals surface area (Å²) < 4.78 is 52.0. The molecule has 1 aliphatic rings. The first-order valence-electron chi connectivity index (χ1n) is 16.3. The molecule has 0 aliphatic heterocycles. The summed E-state index contributed by atoms with van der Waals surface area (Å²) in [5, 5.41) is 2.66. The average Bonchev–Trinajstić information content (AvgIpc) is 3.88. The van der Waals surface area contributed by atoms with E-state index in [4.69, 9.17) is 5.73 Å². The number of alkyl halides is 3. The van der Waals surface area contributed by atoms with Gasteiger partial charge < -0.3 is 11.1 Å². The summed E-state index contributed by atoms with van der Waals surface area (Å²) in [6, 6.07) is 21.4. The second-order valence-corrected chi connectivity index (χ2v) is 11.7. The van der Waals surface area contributed by atoms with Crippen molar-refractivity contribution in [3.8, 4) is 0 Å². The highest BCUT2D eigenvalue weighted by molar-refractivity contribution is 5.80. The molecule has 1 saturated carbocycles. The number of aryl methyl sites for hydroxylation is 1. The van der Waals surface area contributed by atoms with Crippen LogP contribution in [0.1, 0.15) is 106 Å². The van der Waals surface area contributed by atoms with Gasteiger partial charge in [0.25, 0.3) is 0 Å². The Kier molecular flexibility index (Phi) is 15.9. The highest BCUT2D eigenvalue weighted by Gasteiger charge is 2.32. The molecule has 0 amide bonds. The van der Waals surface area contributed by atoms with Gasteiger partial charge in [-0.3, -0.25) is 4.79 Å². The number of aldehydes is 1. The Bertz CT molecular complexity index is 1440. The Balaban J connectivity index is 0.000000305. The topological polar surface area (TPSA) is 55.1 Å². The van der Waals surface area contributed by atoms with Gasteiger partial charge in [0, 0.05) is 18.2 Å². The number of halogens is 4. The Morgan fingerprint density at radius 2 is 1.63 bits per heavy atom. The second kappa shape index (κ2) is 19.1. The zero-order valence-corrected chi connectivity index (χ0v) is 28.1. The summed E-state index contributed by atoms with van der Waals surface area (Å²) in [5.41, 5.74) is 10.6. The van der Waals surface area contributed by atoms with Gasteiger partial charge in [-0.15, -0.1) is 0 Å². The number of hydrogen-bond donors (Lipinski definition) is 2. The molecular formula is C39H50F4N2O.